The van der Waals surface area contributed by atoms with Crippen molar-refractivity contribution in [3.8, 4) is 0 Å². The number of nitrogens with zero attached hydrogens (tertiary/aromatic N) is 1. The van der Waals surface area contributed by atoms with Gasteiger partial charge in [0.1, 0.15) is 4.64 Å². The molecular formula is C20H22N2O2S. The summed E-state index contributed by atoms with van der Waals surface area (Å²) in [6, 6.07) is 9.47. The minimum absolute atomic E-state index is 0.0178. The number of ketones is 1. The van der Waals surface area contributed by atoms with Crippen LogP contribution in [-0.4, -0.2) is 34.7 Å². The van der Waals surface area contributed by atoms with Crippen LogP contribution < -0.4 is 0 Å². The van der Waals surface area contributed by atoms with E-state index in [0.29, 0.717) is 36.1 Å². The molecule has 0 radical (unpaired) electrons. The van der Waals surface area contributed by atoms with E-state index in [-0.39, 0.29) is 17.6 Å². The monoisotopic (exact) mass is 354 g/mol. The van der Waals surface area contributed by atoms with Gasteiger partial charge in [-0.3, -0.25) is 9.59 Å². The summed E-state index contributed by atoms with van der Waals surface area (Å²) in [6.45, 7) is 5.18. The van der Waals surface area contributed by atoms with E-state index in [1.54, 1.807) is 23.2 Å². The molecule has 1 saturated heterocycles. The predicted molar refractivity (Wildman–Crippen MR) is 101 cm³/mol. The number of amides is 1. The Morgan fingerprint density at radius 3 is 2.48 bits per heavy atom. The second-order valence-electron chi connectivity index (χ2n) is 6.66. The van der Waals surface area contributed by atoms with E-state index in [4.69, 9.17) is 12.2 Å². The van der Waals surface area contributed by atoms with Crippen molar-refractivity contribution in [3.63, 3.8) is 0 Å². The van der Waals surface area contributed by atoms with E-state index < -0.39 is 0 Å². The number of pyridine rings is 1. The number of benzene rings is 1. The molecule has 1 aliphatic rings. The molecule has 0 bridgehead atoms. The lowest BCUT2D eigenvalue weighted by atomic mass is 9.87. The Morgan fingerprint density at radius 2 is 1.84 bits per heavy atom. The second-order valence-corrected chi connectivity index (χ2v) is 7.07. The van der Waals surface area contributed by atoms with Gasteiger partial charge in [0.2, 0.25) is 0 Å². The maximum atomic E-state index is 12.8. The molecule has 1 N–H and O–H groups in total. The molecule has 2 heterocycles. The Balaban J connectivity index is 1.67. The van der Waals surface area contributed by atoms with Crippen molar-refractivity contribution in [2.75, 3.05) is 13.1 Å². The molecule has 0 unspecified atom stereocenters. The van der Waals surface area contributed by atoms with E-state index >= 15 is 0 Å². The molecule has 3 rings (SSSR count). The Kier molecular flexibility index (Phi) is 5.13. The van der Waals surface area contributed by atoms with E-state index in [9.17, 15) is 9.59 Å². The summed E-state index contributed by atoms with van der Waals surface area (Å²) in [6.07, 6.45) is 3.11. The first kappa shape index (κ1) is 17.5. The molecule has 5 heteroatoms. The second kappa shape index (κ2) is 7.31. The van der Waals surface area contributed by atoms with E-state index in [2.05, 4.69) is 4.98 Å². The summed E-state index contributed by atoms with van der Waals surface area (Å²) < 4.78 is 0.459. The van der Waals surface area contributed by atoms with E-state index in [0.717, 1.165) is 16.7 Å². The lowest BCUT2D eigenvalue weighted by Gasteiger charge is -2.31. The first-order valence-electron chi connectivity index (χ1n) is 8.56. The normalized spacial score (nSPS) is 15.2. The van der Waals surface area contributed by atoms with Gasteiger partial charge in [-0.15, -0.1) is 0 Å². The lowest BCUT2D eigenvalue weighted by molar-refractivity contribution is 0.0649. The first-order chi connectivity index (χ1) is 12.0. The van der Waals surface area contributed by atoms with Gasteiger partial charge in [0, 0.05) is 30.8 Å². The molecule has 130 valence electrons. The largest absolute Gasteiger partial charge is 0.352 e. The van der Waals surface area contributed by atoms with Crippen molar-refractivity contribution in [2.24, 2.45) is 5.92 Å². The van der Waals surface area contributed by atoms with E-state index in [1.165, 1.54) is 0 Å². The van der Waals surface area contributed by atoms with Crippen LogP contribution in [0.5, 0.6) is 0 Å². The topological polar surface area (TPSA) is 53.2 Å². The van der Waals surface area contributed by atoms with Gasteiger partial charge in [-0.1, -0.05) is 36.0 Å². The van der Waals surface area contributed by atoms with Crippen LogP contribution >= 0.6 is 12.2 Å². The van der Waals surface area contributed by atoms with Crippen molar-refractivity contribution >= 4 is 23.9 Å². The summed E-state index contributed by atoms with van der Waals surface area (Å²) >= 11 is 5.19. The number of aryl methyl sites for hydroxylation is 2. The van der Waals surface area contributed by atoms with Crippen molar-refractivity contribution in [2.45, 2.75) is 26.7 Å². The number of H-pyrrole nitrogens is 1. The number of rotatable bonds is 3. The summed E-state index contributed by atoms with van der Waals surface area (Å²) in [5, 5.41) is 0. The number of carbonyl (C=O) groups excluding carboxylic acids is 2. The number of likely N-dealkylation sites (tertiary alicyclic amines) is 1. The highest BCUT2D eigenvalue weighted by Gasteiger charge is 2.29. The lowest BCUT2D eigenvalue weighted by Crippen LogP contribution is -2.40. The molecule has 1 aromatic carbocycles. The number of carbonyl (C=O) groups is 2. The molecule has 1 amide bonds. The van der Waals surface area contributed by atoms with Gasteiger partial charge < -0.3 is 9.88 Å². The standard InChI is InChI=1S/C20H22N2O2S/c1-13-5-6-16(14(2)12-13)18(23)15-7-10-22(11-8-15)20(24)17-4-3-9-21-19(17)25/h3-6,9,12,15H,7-8,10-11H2,1-2H3,(H,21,25). The fraction of sp³-hybridized carbons (Fsp3) is 0.350. The average molecular weight is 354 g/mol. The molecule has 4 nitrogen and oxygen atoms in total. The van der Waals surface area contributed by atoms with Crippen LogP contribution in [-0.2, 0) is 0 Å². The number of nitrogens with one attached hydrogen (secondary N) is 1. The summed E-state index contributed by atoms with van der Waals surface area (Å²) in [5.41, 5.74) is 3.52. The fourth-order valence-corrected chi connectivity index (χ4v) is 3.64. The third-order valence-electron chi connectivity index (χ3n) is 4.85. The Bertz CT molecular complexity index is 864. The zero-order chi connectivity index (χ0) is 18.0. The van der Waals surface area contributed by atoms with Crippen LogP contribution in [0.2, 0.25) is 0 Å². The SMILES string of the molecule is Cc1ccc(C(=O)C2CCN(C(=O)c3ccc[nH]c3=S)CC2)c(C)c1. The molecular weight excluding hydrogens is 332 g/mol. The third-order valence-corrected chi connectivity index (χ3v) is 5.19. The number of aromatic amines is 1. The molecule has 25 heavy (non-hydrogen) atoms. The highest BCUT2D eigenvalue weighted by Crippen LogP contribution is 2.25. The minimum atomic E-state index is -0.0562. The molecule has 0 atom stereocenters. The number of hydrogen-bond acceptors (Lipinski definition) is 3. The number of aromatic nitrogens is 1. The Morgan fingerprint density at radius 1 is 1.12 bits per heavy atom. The molecule has 1 fully saturated rings. The van der Waals surface area contributed by atoms with Crippen LogP contribution in [0.1, 0.15) is 44.7 Å². The minimum Gasteiger partial charge on any atom is -0.352 e. The molecule has 2 aromatic rings. The van der Waals surface area contributed by atoms with Gasteiger partial charge >= 0.3 is 0 Å². The average Bonchev–Trinajstić information content (AvgIpc) is 2.61. The molecule has 0 spiro atoms. The Hall–Kier alpha value is -2.27. The van der Waals surface area contributed by atoms with Crippen LogP contribution in [0.15, 0.2) is 36.5 Å². The van der Waals surface area contributed by atoms with Crippen molar-refractivity contribution in [1.82, 2.24) is 9.88 Å². The molecule has 0 aliphatic carbocycles. The summed E-state index contributed by atoms with van der Waals surface area (Å²) in [4.78, 5) is 30.1. The molecule has 1 aliphatic heterocycles. The van der Waals surface area contributed by atoms with Crippen LogP contribution in [0.25, 0.3) is 0 Å². The molecule has 1 aromatic heterocycles. The van der Waals surface area contributed by atoms with Crippen molar-refractivity contribution in [1.29, 1.82) is 0 Å². The van der Waals surface area contributed by atoms with Crippen LogP contribution in [0.3, 0.4) is 0 Å². The van der Waals surface area contributed by atoms with Gasteiger partial charge in [0.25, 0.3) is 5.91 Å². The van der Waals surface area contributed by atoms with Gasteiger partial charge in [0.15, 0.2) is 5.78 Å². The number of hydrogen-bond donors (Lipinski definition) is 1. The highest BCUT2D eigenvalue weighted by molar-refractivity contribution is 7.71. The maximum Gasteiger partial charge on any atom is 0.256 e. The predicted octanol–water partition coefficient (Wildman–Crippen LogP) is 4.10. The maximum absolute atomic E-state index is 12.8. The van der Waals surface area contributed by atoms with Gasteiger partial charge in [-0.05, 0) is 44.4 Å². The summed E-state index contributed by atoms with van der Waals surface area (Å²) in [5.74, 6) is 0.122. The van der Waals surface area contributed by atoms with Gasteiger partial charge in [-0.25, -0.2) is 0 Å². The van der Waals surface area contributed by atoms with Gasteiger partial charge in [0.05, 0.1) is 5.56 Å². The van der Waals surface area contributed by atoms with Crippen molar-refractivity contribution in [3.05, 3.63) is 63.4 Å². The third kappa shape index (κ3) is 3.71. The zero-order valence-corrected chi connectivity index (χ0v) is 15.4. The van der Waals surface area contributed by atoms with Crippen LogP contribution in [0.4, 0.5) is 0 Å². The van der Waals surface area contributed by atoms with Gasteiger partial charge in [-0.2, -0.15) is 0 Å². The zero-order valence-electron chi connectivity index (χ0n) is 14.5. The Labute approximate surface area is 152 Å². The van der Waals surface area contributed by atoms with E-state index in [1.807, 2.05) is 32.0 Å². The fourth-order valence-electron chi connectivity index (χ4n) is 3.42. The molecule has 0 saturated carbocycles. The smallest absolute Gasteiger partial charge is 0.256 e. The number of piperidine rings is 1. The summed E-state index contributed by atoms with van der Waals surface area (Å²) in [7, 11) is 0. The highest BCUT2D eigenvalue weighted by atomic mass is 32.1. The quantitative estimate of drug-likeness (QED) is 0.667. The van der Waals surface area contributed by atoms with Crippen molar-refractivity contribution < 1.29 is 9.59 Å². The first-order valence-corrected chi connectivity index (χ1v) is 8.96. The number of Topliss-reactive ketones (excluding diaryl/α,β-unsaturated/α-hetero) is 1. The van der Waals surface area contributed by atoms with Crippen LogP contribution in [0, 0.1) is 24.4 Å².